The number of ether oxygens (including phenoxy) is 1. The number of hydrogen-bond acceptors (Lipinski definition) is 7. The van der Waals surface area contributed by atoms with Crippen LogP contribution in [0.25, 0.3) is 6.08 Å². The summed E-state index contributed by atoms with van der Waals surface area (Å²) in [6.07, 6.45) is 1.67. The predicted molar refractivity (Wildman–Crippen MR) is 87.8 cm³/mol. The van der Waals surface area contributed by atoms with E-state index in [4.69, 9.17) is 17.0 Å². The van der Waals surface area contributed by atoms with E-state index in [9.17, 15) is 14.7 Å². The van der Waals surface area contributed by atoms with Gasteiger partial charge in [0.15, 0.2) is 4.32 Å². The maximum absolute atomic E-state index is 12.2. The van der Waals surface area contributed by atoms with Gasteiger partial charge in [-0.05, 0) is 30.7 Å². The fraction of sp³-hybridized carbons (Fsp3) is 0.214. The summed E-state index contributed by atoms with van der Waals surface area (Å²) in [4.78, 5) is 24.0. The van der Waals surface area contributed by atoms with Crippen LogP contribution in [-0.2, 0) is 14.3 Å². The smallest absolute Gasteiger partial charge is 0.321 e. The first kappa shape index (κ1) is 16.5. The molecule has 1 saturated heterocycles. The van der Waals surface area contributed by atoms with E-state index in [0.29, 0.717) is 9.23 Å². The van der Waals surface area contributed by atoms with Gasteiger partial charge in [0, 0.05) is 0 Å². The number of carbonyl (C=O) groups excluding carboxylic acids is 2. The van der Waals surface area contributed by atoms with E-state index >= 15 is 0 Å². The van der Waals surface area contributed by atoms with E-state index in [2.05, 4.69) is 5.43 Å². The van der Waals surface area contributed by atoms with Gasteiger partial charge in [0.25, 0.3) is 5.91 Å². The molecule has 0 spiro atoms. The molecule has 8 heteroatoms. The lowest BCUT2D eigenvalue weighted by molar-refractivity contribution is -0.143. The number of hydrazine groups is 1. The van der Waals surface area contributed by atoms with Gasteiger partial charge in [-0.2, -0.15) is 0 Å². The van der Waals surface area contributed by atoms with Gasteiger partial charge in [-0.3, -0.25) is 9.59 Å². The van der Waals surface area contributed by atoms with Crippen LogP contribution in [0.5, 0.6) is 5.75 Å². The van der Waals surface area contributed by atoms with Crippen LogP contribution in [0, 0.1) is 0 Å². The molecular weight excluding hydrogens is 324 g/mol. The Morgan fingerprint density at radius 2 is 2.14 bits per heavy atom. The molecule has 0 atom stereocenters. The normalized spacial score (nSPS) is 16.4. The monoisotopic (exact) mass is 338 g/mol. The molecular formula is C14H14N2O4S2. The molecule has 2 rings (SSSR count). The predicted octanol–water partition coefficient (Wildman–Crippen LogP) is 1.66. The van der Waals surface area contributed by atoms with Crippen LogP contribution in [0.3, 0.4) is 0 Å². The molecule has 0 bridgehead atoms. The Balaban J connectivity index is 2.05. The summed E-state index contributed by atoms with van der Waals surface area (Å²) >= 11 is 6.26. The number of nitrogens with zero attached hydrogens (tertiary/aromatic N) is 1. The van der Waals surface area contributed by atoms with E-state index < -0.39 is 5.97 Å². The maximum atomic E-state index is 12.2. The second-order valence-electron chi connectivity index (χ2n) is 4.25. The zero-order valence-electron chi connectivity index (χ0n) is 11.7. The van der Waals surface area contributed by atoms with Crippen molar-refractivity contribution in [2.24, 2.45) is 0 Å². The number of hydrogen-bond donors (Lipinski definition) is 2. The van der Waals surface area contributed by atoms with Crippen molar-refractivity contribution >= 4 is 46.3 Å². The number of esters is 1. The zero-order chi connectivity index (χ0) is 16.1. The van der Waals surface area contributed by atoms with Crippen molar-refractivity contribution in [1.82, 2.24) is 10.4 Å². The Morgan fingerprint density at radius 3 is 2.77 bits per heavy atom. The molecule has 1 aliphatic heterocycles. The third-order valence-corrected chi connectivity index (χ3v) is 3.97. The van der Waals surface area contributed by atoms with Crippen molar-refractivity contribution < 1.29 is 19.4 Å². The lowest BCUT2D eigenvalue weighted by atomic mass is 10.2. The summed E-state index contributed by atoms with van der Waals surface area (Å²) in [5.41, 5.74) is 3.42. The summed E-state index contributed by atoms with van der Waals surface area (Å²) < 4.78 is 5.10. The highest BCUT2D eigenvalue weighted by Crippen LogP contribution is 2.31. The standard InChI is InChI=1S/C14H14N2O4S2/c1-2-20-12(18)8-15-16-13(19)11(22-14(16)21)7-9-3-5-10(17)6-4-9/h3-7,15,17H,2,8H2,1H3/b11-7+. The molecule has 0 saturated carbocycles. The Hall–Kier alpha value is -1.90. The third-order valence-electron chi connectivity index (χ3n) is 2.67. The first-order chi connectivity index (χ1) is 10.5. The van der Waals surface area contributed by atoms with Crippen LogP contribution in [0.1, 0.15) is 12.5 Å². The van der Waals surface area contributed by atoms with Gasteiger partial charge in [0.05, 0.1) is 11.5 Å². The molecule has 116 valence electrons. The highest BCUT2D eigenvalue weighted by atomic mass is 32.2. The van der Waals surface area contributed by atoms with Crippen molar-refractivity contribution in [2.75, 3.05) is 13.2 Å². The van der Waals surface area contributed by atoms with Crippen LogP contribution < -0.4 is 5.43 Å². The van der Waals surface area contributed by atoms with Gasteiger partial charge in [-0.25, -0.2) is 10.4 Å². The summed E-state index contributed by atoms with van der Waals surface area (Å²) in [7, 11) is 0. The molecule has 0 unspecified atom stereocenters. The van der Waals surface area contributed by atoms with E-state index in [0.717, 1.165) is 22.3 Å². The van der Waals surface area contributed by atoms with Crippen molar-refractivity contribution in [3.05, 3.63) is 34.7 Å². The fourth-order valence-corrected chi connectivity index (χ4v) is 2.90. The number of phenolic OH excluding ortho intramolecular Hbond substituents is 1. The Labute approximate surface area is 137 Å². The molecule has 0 aliphatic carbocycles. The second-order valence-corrected chi connectivity index (χ2v) is 5.92. The number of aromatic hydroxyl groups is 1. The number of nitrogens with one attached hydrogen (secondary N) is 1. The van der Waals surface area contributed by atoms with Crippen LogP contribution >= 0.6 is 24.0 Å². The van der Waals surface area contributed by atoms with E-state index in [1.165, 1.54) is 12.1 Å². The highest BCUT2D eigenvalue weighted by molar-refractivity contribution is 8.26. The number of rotatable bonds is 5. The molecule has 1 aliphatic rings. The molecule has 2 N–H and O–H groups in total. The number of carbonyl (C=O) groups is 2. The molecule has 1 fully saturated rings. The number of thioether (sulfide) groups is 1. The maximum Gasteiger partial charge on any atom is 0.321 e. The van der Waals surface area contributed by atoms with Gasteiger partial charge >= 0.3 is 5.97 Å². The molecule has 22 heavy (non-hydrogen) atoms. The Kier molecular flexibility index (Phi) is 5.53. The highest BCUT2D eigenvalue weighted by Gasteiger charge is 2.32. The van der Waals surface area contributed by atoms with Crippen molar-refractivity contribution in [3.63, 3.8) is 0 Å². The van der Waals surface area contributed by atoms with Gasteiger partial charge in [0.2, 0.25) is 0 Å². The molecule has 1 heterocycles. The quantitative estimate of drug-likeness (QED) is 0.480. The molecule has 6 nitrogen and oxygen atoms in total. The lowest BCUT2D eigenvalue weighted by Crippen LogP contribution is -2.44. The van der Waals surface area contributed by atoms with E-state index in [1.54, 1.807) is 25.1 Å². The number of benzene rings is 1. The second kappa shape index (κ2) is 7.39. The number of thiocarbonyl (C=S) groups is 1. The van der Waals surface area contributed by atoms with Gasteiger partial charge < -0.3 is 9.84 Å². The zero-order valence-corrected chi connectivity index (χ0v) is 13.4. The summed E-state index contributed by atoms with van der Waals surface area (Å²) in [5.74, 6) is -0.632. The molecule has 0 aromatic heterocycles. The number of phenols is 1. The van der Waals surface area contributed by atoms with Crippen LogP contribution in [-0.4, -0.2) is 39.5 Å². The molecule has 1 aromatic rings. The Morgan fingerprint density at radius 1 is 1.45 bits per heavy atom. The minimum absolute atomic E-state index is 0.132. The van der Waals surface area contributed by atoms with Crippen LogP contribution in [0.15, 0.2) is 29.2 Å². The van der Waals surface area contributed by atoms with Gasteiger partial charge in [0.1, 0.15) is 12.3 Å². The SMILES string of the molecule is CCOC(=O)CNN1C(=O)/C(=C\c2ccc(O)cc2)SC1=S. The minimum atomic E-state index is -0.459. The van der Waals surface area contributed by atoms with Crippen molar-refractivity contribution in [3.8, 4) is 5.75 Å². The molecule has 0 radical (unpaired) electrons. The van der Waals surface area contributed by atoms with Gasteiger partial charge in [-0.15, -0.1) is 0 Å². The Bertz CT molecular complexity index is 628. The molecule has 1 aromatic carbocycles. The van der Waals surface area contributed by atoms with Crippen LogP contribution in [0.2, 0.25) is 0 Å². The van der Waals surface area contributed by atoms with E-state index in [-0.39, 0.29) is 24.8 Å². The van der Waals surface area contributed by atoms with Gasteiger partial charge in [-0.1, -0.05) is 36.1 Å². The topological polar surface area (TPSA) is 78.9 Å². The molecule has 1 amide bonds. The van der Waals surface area contributed by atoms with Crippen LogP contribution in [0.4, 0.5) is 0 Å². The van der Waals surface area contributed by atoms with Crippen molar-refractivity contribution in [1.29, 1.82) is 0 Å². The third kappa shape index (κ3) is 4.06. The fourth-order valence-electron chi connectivity index (χ4n) is 1.68. The summed E-state index contributed by atoms with van der Waals surface area (Å²) in [6, 6.07) is 6.44. The first-order valence-electron chi connectivity index (χ1n) is 6.47. The minimum Gasteiger partial charge on any atom is -0.508 e. The average molecular weight is 338 g/mol. The van der Waals surface area contributed by atoms with Crippen molar-refractivity contribution in [2.45, 2.75) is 6.92 Å². The lowest BCUT2D eigenvalue weighted by Gasteiger charge is -2.14. The first-order valence-corrected chi connectivity index (χ1v) is 7.70. The average Bonchev–Trinajstić information content (AvgIpc) is 2.74. The largest absolute Gasteiger partial charge is 0.508 e. The van der Waals surface area contributed by atoms with E-state index in [1.807, 2.05) is 0 Å². The summed E-state index contributed by atoms with van der Waals surface area (Å²) in [6.45, 7) is 1.85. The number of amides is 1. The summed E-state index contributed by atoms with van der Waals surface area (Å²) in [5, 5.41) is 10.4.